The van der Waals surface area contributed by atoms with Crippen molar-refractivity contribution in [2.75, 3.05) is 13.7 Å². The minimum atomic E-state index is -0.728. The Labute approximate surface area is 165 Å². The molecule has 0 amide bonds. The molecule has 150 valence electrons. The first-order chi connectivity index (χ1) is 13.7. The van der Waals surface area contributed by atoms with Crippen LogP contribution in [0.4, 0.5) is 0 Å². The van der Waals surface area contributed by atoms with Crippen molar-refractivity contribution < 1.29 is 19.1 Å². The Morgan fingerprint density at radius 3 is 2.79 bits per heavy atom. The van der Waals surface area contributed by atoms with Gasteiger partial charge in [0, 0.05) is 25.3 Å². The number of imidazole rings is 1. The molecule has 0 saturated heterocycles. The van der Waals surface area contributed by atoms with Crippen molar-refractivity contribution in [1.82, 2.24) is 9.55 Å². The number of fused-ring (bicyclic) bond motifs is 1. The number of aryl methyl sites for hydroxylation is 1. The predicted octanol–water partition coefficient (Wildman–Crippen LogP) is 3.36. The summed E-state index contributed by atoms with van der Waals surface area (Å²) in [6.07, 6.45) is 3.64. The normalized spacial score (nSPS) is 16.5. The molecule has 0 radical (unpaired) electrons. The second-order valence-electron chi connectivity index (χ2n) is 7.04. The van der Waals surface area contributed by atoms with Crippen molar-refractivity contribution in [3.63, 3.8) is 0 Å². The topological polar surface area (TPSA) is 70.4 Å². The molecule has 0 aliphatic heterocycles. The fraction of sp³-hybridized carbons (Fsp3) is 0.500. The number of rotatable bonds is 8. The highest BCUT2D eigenvalue weighted by molar-refractivity contribution is 6.08. The summed E-state index contributed by atoms with van der Waals surface area (Å²) in [4.78, 5) is 29.5. The van der Waals surface area contributed by atoms with Crippen LogP contribution in [0.5, 0.6) is 0 Å². The van der Waals surface area contributed by atoms with Crippen LogP contribution in [0.25, 0.3) is 0 Å². The van der Waals surface area contributed by atoms with E-state index in [2.05, 4.69) is 16.5 Å². The first-order valence-corrected chi connectivity index (χ1v) is 9.97. The van der Waals surface area contributed by atoms with E-state index < -0.39 is 11.9 Å². The molecule has 0 N–H and O–H groups in total. The highest BCUT2D eigenvalue weighted by Gasteiger charge is 2.35. The van der Waals surface area contributed by atoms with E-state index in [0.29, 0.717) is 25.3 Å². The van der Waals surface area contributed by atoms with E-state index >= 15 is 0 Å². The molecule has 6 heteroatoms. The van der Waals surface area contributed by atoms with Gasteiger partial charge in [-0.25, -0.2) is 4.98 Å². The van der Waals surface area contributed by atoms with Gasteiger partial charge in [0.25, 0.3) is 0 Å². The van der Waals surface area contributed by atoms with Crippen LogP contribution in [0.1, 0.15) is 53.8 Å². The maximum absolute atomic E-state index is 12.9. The maximum Gasteiger partial charge on any atom is 0.316 e. The lowest BCUT2D eigenvalue weighted by Crippen LogP contribution is -2.25. The van der Waals surface area contributed by atoms with Gasteiger partial charge in [-0.1, -0.05) is 30.3 Å². The van der Waals surface area contributed by atoms with E-state index in [1.807, 2.05) is 30.3 Å². The number of carbonyl (C=O) groups is 2. The Morgan fingerprint density at radius 1 is 1.29 bits per heavy atom. The summed E-state index contributed by atoms with van der Waals surface area (Å²) in [7, 11) is 1.33. The van der Waals surface area contributed by atoms with E-state index in [1.165, 1.54) is 7.11 Å². The van der Waals surface area contributed by atoms with Gasteiger partial charge in [0.15, 0.2) is 5.78 Å². The lowest BCUT2D eigenvalue weighted by molar-refractivity contribution is -0.143. The van der Waals surface area contributed by atoms with E-state index in [1.54, 1.807) is 0 Å². The molecule has 1 aromatic heterocycles. The van der Waals surface area contributed by atoms with Gasteiger partial charge < -0.3 is 14.0 Å². The van der Waals surface area contributed by atoms with Gasteiger partial charge in [0.2, 0.25) is 0 Å². The molecule has 1 aromatic carbocycles. The Hall–Kier alpha value is -2.47. The zero-order valence-corrected chi connectivity index (χ0v) is 16.6. The lowest BCUT2D eigenvalue weighted by atomic mass is 9.99. The molecule has 28 heavy (non-hydrogen) atoms. The van der Waals surface area contributed by atoms with Crippen LogP contribution in [0.2, 0.25) is 0 Å². The summed E-state index contributed by atoms with van der Waals surface area (Å²) in [5.74, 6) is -0.490. The van der Waals surface area contributed by atoms with Gasteiger partial charge in [-0.3, -0.25) is 9.59 Å². The zero-order valence-electron chi connectivity index (χ0n) is 16.6. The summed E-state index contributed by atoms with van der Waals surface area (Å²) >= 11 is 0. The smallest absolute Gasteiger partial charge is 0.316 e. The Balaban J connectivity index is 1.63. The highest BCUT2D eigenvalue weighted by atomic mass is 16.5. The molecular weight excluding hydrogens is 356 g/mol. The number of benzene rings is 1. The van der Waals surface area contributed by atoms with Crippen molar-refractivity contribution in [3.05, 3.63) is 53.1 Å². The summed E-state index contributed by atoms with van der Waals surface area (Å²) in [6.45, 7) is 4.05. The first-order valence-electron chi connectivity index (χ1n) is 9.97. The summed E-state index contributed by atoms with van der Waals surface area (Å²) in [6, 6.07) is 10.1. The second kappa shape index (κ2) is 9.64. The number of ether oxygens (including phenoxy) is 2. The van der Waals surface area contributed by atoms with Gasteiger partial charge in [0.05, 0.1) is 13.7 Å². The number of carbonyl (C=O) groups excluding carboxylic acids is 2. The third kappa shape index (κ3) is 4.50. The van der Waals surface area contributed by atoms with Crippen molar-refractivity contribution >= 4 is 11.8 Å². The van der Waals surface area contributed by atoms with E-state index in [0.717, 1.165) is 49.3 Å². The van der Waals surface area contributed by atoms with Crippen molar-refractivity contribution in [2.24, 2.45) is 5.92 Å². The van der Waals surface area contributed by atoms with Crippen LogP contribution in [0.15, 0.2) is 30.3 Å². The highest BCUT2D eigenvalue weighted by Crippen LogP contribution is 2.27. The number of Topliss-reactive ketones (excluding diaryl/α,β-unsaturated/α-hetero) is 1. The number of hydrogen-bond donors (Lipinski definition) is 0. The SMILES string of the molecule is CCn1c(CCCOCc2ccccc2)nc2c1CCCC(C(=O)OC)C2=O. The van der Waals surface area contributed by atoms with Crippen LogP contribution < -0.4 is 0 Å². The van der Waals surface area contributed by atoms with Gasteiger partial charge in [0.1, 0.15) is 17.4 Å². The Kier molecular flexibility index (Phi) is 6.98. The van der Waals surface area contributed by atoms with Crippen LogP contribution in [-0.2, 0) is 40.3 Å². The number of ketones is 1. The third-order valence-corrected chi connectivity index (χ3v) is 5.21. The Bertz CT molecular complexity index is 813. The molecule has 0 spiro atoms. The van der Waals surface area contributed by atoms with Crippen molar-refractivity contribution in [2.45, 2.75) is 52.2 Å². The van der Waals surface area contributed by atoms with Gasteiger partial charge in [-0.05, 0) is 38.2 Å². The molecule has 1 atom stereocenters. The molecule has 3 rings (SSSR count). The summed E-state index contributed by atoms with van der Waals surface area (Å²) < 4.78 is 12.7. The molecule has 6 nitrogen and oxygen atoms in total. The zero-order chi connectivity index (χ0) is 19.9. The molecule has 0 bridgehead atoms. The predicted molar refractivity (Wildman–Crippen MR) is 105 cm³/mol. The quantitative estimate of drug-likeness (QED) is 0.302. The summed E-state index contributed by atoms with van der Waals surface area (Å²) in [5, 5.41) is 0. The molecule has 1 unspecified atom stereocenters. The molecule has 1 aliphatic carbocycles. The van der Waals surface area contributed by atoms with E-state index in [-0.39, 0.29) is 5.78 Å². The van der Waals surface area contributed by atoms with Gasteiger partial charge in [-0.2, -0.15) is 0 Å². The summed E-state index contributed by atoms with van der Waals surface area (Å²) in [5.41, 5.74) is 2.57. The fourth-order valence-electron chi connectivity index (χ4n) is 3.79. The monoisotopic (exact) mass is 384 g/mol. The van der Waals surface area contributed by atoms with Gasteiger partial charge in [-0.15, -0.1) is 0 Å². The average Bonchev–Trinajstić information content (AvgIpc) is 2.99. The molecule has 0 fully saturated rings. The van der Waals surface area contributed by atoms with Crippen LogP contribution >= 0.6 is 0 Å². The standard InChI is InChI=1S/C22H28N2O4/c1-3-24-18-12-7-11-17(22(26)27-2)21(25)20(18)23-19(24)13-8-14-28-15-16-9-5-4-6-10-16/h4-6,9-10,17H,3,7-8,11-15H2,1-2H3. The van der Waals surface area contributed by atoms with Crippen molar-refractivity contribution in [3.8, 4) is 0 Å². The minimum Gasteiger partial charge on any atom is -0.468 e. The number of nitrogens with zero attached hydrogens (tertiary/aromatic N) is 2. The van der Waals surface area contributed by atoms with E-state index in [4.69, 9.17) is 9.47 Å². The molecule has 0 saturated carbocycles. The van der Waals surface area contributed by atoms with E-state index in [9.17, 15) is 9.59 Å². The number of esters is 1. The molecule has 1 heterocycles. The second-order valence-corrected chi connectivity index (χ2v) is 7.04. The molecule has 2 aromatic rings. The van der Waals surface area contributed by atoms with Crippen LogP contribution in [0.3, 0.4) is 0 Å². The van der Waals surface area contributed by atoms with Crippen LogP contribution in [0, 0.1) is 5.92 Å². The lowest BCUT2D eigenvalue weighted by Gasteiger charge is -2.10. The number of hydrogen-bond acceptors (Lipinski definition) is 5. The largest absolute Gasteiger partial charge is 0.468 e. The number of aromatic nitrogens is 2. The Morgan fingerprint density at radius 2 is 2.07 bits per heavy atom. The molecule has 1 aliphatic rings. The average molecular weight is 384 g/mol. The maximum atomic E-state index is 12.9. The number of methoxy groups -OCH3 is 1. The first kappa shape index (κ1) is 20.3. The minimum absolute atomic E-state index is 0.201. The van der Waals surface area contributed by atoms with Crippen molar-refractivity contribution in [1.29, 1.82) is 0 Å². The van der Waals surface area contributed by atoms with Crippen LogP contribution in [-0.4, -0.2) is 35.0 Å². The molecular formula is C22H28N2O4. The third-order valence-electron chi connectivity index (χ3n) is 5.21. The fourth-order valence-corrected chi connectivity index (χ4v) is 3.79. The van der Waals surface area contributed by atoms with Gasteiger partial charge >= 0.3 is 5.97 Å².